The van der Waals surface area contributed by atoms with Crippen LogP contribution in [0.3, 0.4) is 0 Å². The number of hydrogen-bond acceptors (Lipinski definition) is 2. The zero-order valence-corrected chi connectivity index (χ0v) is 13.4. The second-order valence-corrected chi connectivity index (χ2v) is 6.07. The average molecular weight is 345 g/mol. The maximum Gasteiger partial charge on any atom is 0.239 e. The zero-order valence-electron chi connectivity index (χ0n) is 11.8. The fourth-order valence-electron chi connectivity index (χ4n) is 2.60. The lowest BCUT2D eigenvalue weighted by Crippen LogP contribution is -2.41. The molecule has 0 radical (unpaired) electrons. The minimum Gasteiger partial charge on any atom is -0.342 e. The molecule has 2 rings (SSSR count). The van der Waals surface area contributed by atoms with Crippen molar-refractivity contribution in [1.29, 1.82) is 5.26 Å². The molecule has 1 aliphatic carbocycles. The van der Waals surface area contributed by atoms with E-state index < -0.39 is 5.41 Å². The molecule has 1 amide bonds. The lowest BCUT2D eigenvalue weighted by atomic mass is 9.73. The van der Waals surface area contributed by atoms with Gasteiger partial charge in [-0.3, -0.25) is 4.79 Å². The van der Waals surface area contributed by atoms with E-state index in [4.69, 9.17) is 5.26 Å². The molecule has 0 heterocycles. The van der Waals surface area contributed by atoms with Crippen LogP contribution in [-0.4, -0.2) is 12.5 Å². The van der Waals surface area contributed by atoms with Crippen molar-refractivity contribution in [1.82, 2.24) is 5.32 Å². The van der Waals surface area contributed by atoms with E-state index in [1.165, 1.54) is 0 Å². The molecule has 3 nitrogen and oxygen atoms in total. The zero-order chi connectivity index (χ0) is 15.1. The van der Waals surface area contributed by atoms with Crippen LogP contribution in [0.5, 0.6) is 0 Å². The summed E-state index contributed by atoms with van der Waals surface area (Å²) in [5.41, 5.74) is 0.236. The summed E-state index contributed by atoms with van der Waals surface area (Å²) >= 11 is 3.47. The quantitative estimate of drug-likeness (QED) is 0.660. The van der Waals surface area contributed by atoms with Crippen LogP contribution < -0.4 is 5.32 Å². The molecule has 4 heteroatoms. The minimum atomic E-state index is -0.648. The van der Waals surface area contributed by atoms with Crippen LogP contribution in [0.15, 0.2) is 28.7 Å². The highest BCUT2D eigenvalue weighted by atomic mass is 79.9. The topological polar surface area (TPSA) is 52.9 Å². The van der Waals surface area contributed by atoms with Crippen molar-refractivity contribution in [2.75, 3.05) is 6.54 Å². The summed E-state index contributed by atoms with van der Waals surface area (Å²) in [6.45, 7) is 0.0390. The Bertz CT molecular complexity index is 616. The van der Waals surface area contributed by atoms with Crippen LogP contribution >= 0.6 is 15.9 Å². The Kier molecular flexibility index (Phi) is 5.42. The Balaban J connectivity index is 2.27. The number of nitrogens with one attached hydrogen (secondary N) is 1. The Morgan fingerprint density at radius 1 is 1.29 bits per heavy atom. The number of nitrogens with zero attached hydrogens (tertiary/aromatic N) is 1. The molecule has 0 aromatic heterocycles. The molecule has 1 aromatic rings. The molecule has 0 atom stereocenters. The maximum absolute atomic E-state index is 12.4. The molecule has 108 valence electrons. The molecular formula is C17H17BrN2O. The first-order valence-electron chi connectivity index (χ1n) is 7.11. The van der Waals surface area contributed by atoms with E-state index in [0.29, 0.717) is 0 Å². The van der Waals surface area contributed by atoms with Gasteiger partial charge in [0.2, 0.25) is 5.91 Å². The van der Waals surface area contributed by atoms with Crippen molar-refractivity contribution in [3.8, 4) is 17.9 Å². The van der Waals surface area contributed by atoms with Crippen LogP contribution in [0, 0.1) is 28.6 Å². The van der Waals surface area contributed by atoms with Gasteiger partial charge >= 0.3 is 0 Å². The Labute approximate surface area is 133 Å². The molecular weight excluding hydrogens is 328 g/mol. The Morgan fingerprint density at radius 2 is 2.00 bits per heavy atom. The van der Waals surface area contributed by atoms with Gasteiger partial charge in [0.05, 0.1) is 6.07 Å². The molecule has 0 spiro atoms. The van der Waals surface area contributed by atoms with Crippen molar-refractivity contribution in [3.63, 3.8) is 0 Å². The summed E-state index contributed by atoms with van der Waals surface area (Å²) in [5, 5.41) is 11.3. The molecule has 0 saturated heterocycles. The summed E-state index contributed by atoms with van der Waals surface area (Å²) in [6.07, 6.45) is 4.68. The number of nitriles is 1. The smallest absolute Gasteiger partial charge is 0.239 e. The molecule has 1 saturated carbocycles. The van der Waals surface area contributed by atoms with E-state index in [0.717, 1.165) is 42.1 Å². The monoisotopic (exact) mass is 344 g/mol. The second kappa shape index (κ2) is 7.29. The molecule has 1 aromatic carbocycles. The van der Waals surface area contributed by atoms with E-state index >= 15 is 0 Å². The van der Waals surface area contributed by atoms with Crippen LogP contribution in [0.1, 0.15) is 37.7 Å². The largest absolute Gasteiger partial charge is 0.342 e. The summed E-state index contributed by atoms with van der Waals surface area (Å²) in [5.74, 6) is 6.23. The highest BCUT2D eigenvalue weighted by Gasteiger charge is 2.37. The van der Waals surface area contributed by atoms with E-state index in [2.05, 4.69) is 33.1 Å². The van der Waals surface area contributed by atoms with Gasteiger partial charge in [0.15, 0.2) is 0 Å². The molecule has 21 heavy (non-hydrogen) atoms. The average Bonchev–Trinajstić information content (AvgIpc) is 2.52. The van der Waals surface area contributed by atoms with Gasteiger partial charge < -0.3 is 5.32 Å². The second-order valence-electron chi connectivity index (χ2n) is 5.21. The highest BCUT2D eigenvalue weighted by Crippen LogP contribution is 2.36. The predicted octanol–water partition coefficient (Wildman–Crippen LogP) is 3.39. The van der Waals surface area contributed by atoms with Crippen LogP contribution in [-0.2, 0) is 4.79 Å². The third-order valence-electron chi connectivity index (χ3n) is 3.78. The number of hydrogen-bond donors (Lipinski definition) is 1. The number of halogens is 1. The van der Waals surface area contributed by atoms with Gasteiger partial charge in [-0.25, -0.2) is 0 Å². The van der Waals surface area contributed by atoms with Crippen molar-refractivity contribution in [2.24, 2.45) is 5.41 Å². The molecule has 1 N–H and O–H groups in total. The molecule has 0 aliphatic heterocycles. The van der Waals surface area contributed by atoms with E-state index in [1.54, 1.807) is 0 Å². The predicted molar refractivity (Wildman–Crippen MR) is 85.2 cm³/mol. The Morgan fingerprint density at radius 3 is 2.67 bits per heavy atom. The standard InChI is InChI=1S/C17H17BrN2O/c18-15-7-3-2-6-14(15)8-11-17(9-4-1-5-10-17)16(21)20-13-12-19/h2-3,6-7H,1,4-5,9-10,13H2,(H,20,21). The van der Waals surface area contributed by atoms with Crippen LogP contribution in [0.2, 0.25) is 0 Å². The fourth-order valence-corrected chi connectivity index (χ4v) is 2.99. The highest BCUT2D eigenvalue weighted by molar-refractivity contribution is 9.10. The lowest BCUT2D eigenvalue weighted by Gasteiger charge is -2.30. The van der Waals surface area contributed by atoms with Gasteiger partial charge in [0, 0.05) is 10.0 Å². The maximum atomic E-state index is 12.4. The lowest BCUT2D eigenvalue weighted by molar-refractivity contribution is -0.129. The van der Waals surface area contributed by atoms with Crippen molar-refractivity contribution >= 4 is 21.8 Å². The van der Waals surface area contributed by atoms with Crippen molar-refractivity contribution in [3.05, 3.63) is 34.3 Å². The molecule has 1 fully saturated rings. The minimum absolute atomic E-state index is 0.0390. The summed E-state index contributed by atoms with van der Waals surface area (Å²) < 4.78 is 0.931. The fraction of sp³-hybridized carbons (Fsp3) is 0.412. The number of benzene rings is 1. The van der Waals surface area contributed by atoms with Gasteiger partial charge in [-0.1, -0.05) is 43.2 Å². The van der Waals surface area contributed by atoms with Gasteiger partial charge in [0.25, 0.3) is 0 Å². The Hall–Kier alpha value is -1.78. The number of rotatable bonds is 2. The first-order valence-corrected chi connectivity index (χ1v) is 7.90. The van der Waals surface area contributed by atoms with Gasteiger partial charge in [-0.05, 0) is 40.9 Å². The molecule has 0 bridgehead atoms. The first-order chi connectivity index (χ1) is 10.2. The third-order valence-corrected chi connectivity index (χ3v) is 4.47. The third kappa shape index (κ3) is 3.86. The summed E-state index contributed by atoms with van der Waals surface area (Å²) in [7, 11) is 0. The summed E-state index contributed by atoms with van der Waals surface area (Å²) in [4.78, 5) is 12.4. The van der Waals surface area contributed by atoms with Crippen LogP contribution in [0.4, 0.5) is 0 Å². The van der Waals surface area contributed by atoms with Crippen LogP contribution in [0.25, 0.3) is 0 Å². The number of amides is 1. The van der Waals surface area contributed by atoms with E-state index in [1.807, 2.05) is 30.3 Å². The summed E-state index contributed by atoms with van der Waals surface area (Å²) in [6, 6.07) is 9.68. The first kappa shape index (κ1) is 15.6. The molecule has 1 aliphatic rings. The SMILES string of the molecule is N#CCNC(=O)C1(C#Cc2ccccc2Br)CCCCC1. The van der Waals surface area contributed by atoms with Gasteiger partial charge in [-0.15, -0.1) is 0 Å². The normalized spacial score (nSPS) is 16.2. The van der Waals surface area contributed by atoms with Gasteiger partial charge in [-0.2, -0.15) is 5.26 Å². The van der Waals surface area contributed by atoms with Crippen molar-refractivity contribution in [2.45, 2.75) is 32.1 Å². The number of carbonyl (C=O) groups excluding carboxylic acids is 1. The van der Waals surface area contributed by atoms with Gasteiger partial charge in [0.1, 0.15) is 12.0 Å². The molecule has 0 unspecified atom stereocenters. The number of carbonyl (C=O) groups is 1. The van der Waals surface area contributed by atoms with E-state index in [-0.39, 0.29) is 12.5 Å². The van der Waals surface area contributed by atoms with E-state index in [9.17, 15) is 4.79 Å². The van der Waals surface area contributed by atoms with Crippen molar-refractivity contribution < 1.29 is 4.79 Å².